The van der Waals surface area contributed by atoms with Gasteiger partial charge < -0.3 is 4.74 Å². The largest absolute Gasteiger partial charge is 0.437 e. The molecule has 0 aliphatic rings. The minimum atomic E-state index is 0.488. The van der Waals surface area contributed by atoms with E-state index in [-0.39, 0.29) is 0 Å². The highest BCUT2D eigenvalue weighted by atomic mass is 16.5. The number of nitrogens with zero attached hydrogens (tertiary/aromatic N) is 3. The van der Waals surface area contributed by atoms with Gasteiger partial charge in [-0.1, -0.05) is 13.8 Å². The maximum atomic E-state index is 5.42. The third-order valence-corrected chi connectivity index (χ3v) is 1.65. The molecule has 0 bridgehead atoms. The molecule has 4 nitrogen and oxygen atoms in total. The maximum Gasteiger partial charge on any atom is 0.238 e. The minimum absolute atomic E-state index is 0.488. The summed E-state index contributed by atoms with van der Waals surface area (Å²) in [6, 6.07) is 7.16. The predicted molar refractivity (Wildman–Crippen MR) is 62.4 cm³/mol. The SMILES string of the molecule is CC.Cc1ccc(Oc2ccncc2)nn1. The lowest BCUT2D eigenvalue weighted by atomic mass is 10.4. The molecule has 2 rings (SSSR count). The lowest BCUT2D eigenvalue weighted by Gasteiger charge is -2.02. The van der Waals surface area contributed by atoms with Crippen molar-refractivity contribution in [2.45, 2.75) is 20.8 Å². The number of aromatic nitrogens is 3. The van der Waals surface area contributed by atoms with E-state index in [1.165, 1.54) is 0 Å². The number of pyridine rings is 1. The standard InChI is InChI=1S/C10H9N3O.C2H6/c1-8-2-3-10(13-12-8)14-9-4-6-11-7-5-9;1-2/h2-7H,1H3;1-2H3. The van der Waals surface area contributed by atoms with Crippen LogP contribution in [0.3, 0.4) is 0 Å². The van der Waals surface area contributed by atoms with E-state index < -0.39 is 0 Å². The van der Waals surface area contributed by atoms with Crippen LogP contribution in [0.1, 0.15) is 19.5 Å². The molecule has 0 atom stereocenters. The van der Waals surface area contributed by atoms with Gasteiger partial charge in [0.15, 0.2) is 0 Å². The zero-order valence-electron chi connectivity index (χ0n) is 9.71. The molecule has 0 amide bonds. The molecular weight excluding hydrogens is 202 g/mol. The highest BCUT2D eigenvalue weighted by Gasteiger charge is 1.97. The van der Waals surface area contributed by atoms with E-state index in [0.29, 0.717) is 11.6 Å². The Morgan fingerprint density at radius 1 is 0.938 bits per heavy atom. The van der Waals surface area contributed by atoms with Crippen molar-refractivity contribution >= 4 is 0 Å². The highest BCUT2D eigenvalue weighted by Crippen LogP contribution is 2.16. The van der Waals surface area contributed by atoms with E-state index in [9.17, 15) is 0 Å². The zero-order valence-corrected chi connectivity index (χ0v) is 9.71. The van der Waals surface area contributed by atoms with Crippen LogP contribution in [0, 0.1) is 6.92 Å². The van der Waals surface area contributed by atoms with Gasteiger partial charge in [0.05, 0.1) is 5.69 Å². The normalized spacial score (nSPS) is 8.94. The Balaban J connectivity index is 0.000000606. The number of aryl methyl sites for hydroxylation is 1. The molecule has 0 aromatic carbocycles. The summed E-state index contributed by atoms with van der Waals surface area (Å²) in [5.74, 6) is 1.19. The second-order valence-electron chi connectivity index (χ2n) is 2.80. The van der Waals surface area contributed by atoms with Crippen molar-refractivity contribution in [3.8, 4) is 11.6 Å². The molecule has 2 aromatic heterocycles. The molecule has 16 heavy (non-hydrogen) atoms. The molecule has 0 fully saturated rings. The predicted octanol–water partition coefficient (Wildman–Crippen LogP) is 3.00. The van der Waals surface area contributed by atoms with Crippen LogP contribution >= 0.6 is 0 Å². The molecule has 0 spiro atoms. The van der Waals surface area contributed by atoms with E-state index >= 15 is 0 Å². The Hall–Kier alpha value is -1.97. The average Bonchev–Trinajstić information content (AvgIpc) is 2.36. The van der Waals surface area contributed by atoms with Gasteiger partial charge in [0.2, 0.25) is 5.88 Å². The van der Waals surface area contributed by atoms with Crippen molar-refractivity contribution in [2.24, 2.45) is 0 Å². The summed E-state index contributed by atoms with van der Waals surface area (Å²) in [5.41, 5.74) is 0.868. The first kappa shape index (κ1) is 12.1. The summed E-state index contributed by atoms with van der Waals surface area (Å²) in [7, 11) is 0. The Bertz CT molecular complexity index is 400. The second-order valence-corrected chi connectivity index (χ2v) is 2.80. The van der Waals surface area contributed by atoms with Crippen molar-refractivity contribution < 1.29 is 4.74 Å². The van der Waals surface area contributed by atoms with Crippen LogP contribution in [0.15, 0.2) is 36.7 Å². The molecular formula is C12H15N3O. The van der Waals surface area contributed by atoms with Crippen LogP contribution in [0.5, 0.6) is 11.6 Å². The molecule has 0 aliphatic heterocycles. The van der Waals surface area contributed by atoms with Crippen molar-refractivity contribution in [1.82, 2.24) is 15.2 Å². The Morgan fingerprint density at radius 3 is 2.19 bits per heavy atom. The minimum Gasteiger partial charge on any atom is -0.437 e. The first-order chi connectivity index (χ1) is 7.84. The second kappa shape index (κ2) is 6.50. The van der Waals surface area contributed by atoms with Crippen LogP contribution < -0.4 is 4.74 Å². The van der Waals surface area contributed by atoms with Gasteiger partial charge in [-0.05, 0) is 25.1 Å². The monoisotopic (exact) mass is 217 g/mol. The van der Waals surface area contributed by atoms with Crippen molar-refractivity contribution in [3.63, 3.8) is 0 Å². The first-order valence-electron chi connectivity index (χ1n) is 5.23. The van der Waals surface area contributed by atoms with Crippen LogP contribution in [0.4, 0.5) is 0 Å². The van der Waals surface area contributed by atoms with Gasteiger partial charge in [-0.2, -0.15) is 5.10 Å². The first-order valence-corrected chi connectivity index (χ1v) is 5.23. The molecule has 0 saturated carbocycles. The highest BCUT2D eigenvalue weighted by molar-refractivity contribution is 5.23. The fourth-order valence-corrected chi connectivity index (χ4v) is 0.968. The fourth-order valence-electron chi connectivity index (χ4n) is 0.968. The lowest BCUT2D eigenvalue weighted by Crippen LogP contribution is -1.91. The van der Waals surface area contributed by atoms with Crippen LogP contribution in [0.25, 0.3) is 0 Å². The Kier molecular flexibility index (Phi) is 4.92. The van der Waals surface area contributed by atoms with Crippen LogP contribution in [-0.4, -0.2) is 15.2 Å². The van der Waals surface area contributed by atoms with Gasteiger partial charge in [-0.15, -0.1) is 5.10 Å². The van der Waals surface area contributed by atoms with E-state index in [1.807, 2.05) is 26.8 Å². The number of hydrogen-bond donors (Lipinski definition) is 0. The fraction of sp³-hybridized carbons (Fsp3) is 0.250. The molecule has 0 aliphatic carbocycles. The quantitative estimate of drug-likeness (QED) is 0.775. The Labute approximate surface area is 95.3 Å². The van der Waals surface area contributed by atoms with E-state index in [2.05, 4.69) is 15.2 Å². The molecule has 0 N–H and O–H groups in total. The third-order valence-electron chi connectivity index (χ3n) is 1.65. The summed E-state index contributed by atoms with van der Waals surface area (Å²) >= 11 is 0. The third kappa shape index (κ3) is 3.65. The van der Waals surface area contributed by atoms with Crippen molar-refractivity contribution in [1.29, 1.82) is 0 Å². The van der Waals surface area contributed by atoms with Crippen molar-refractivity contribution in [3.05, 3.63) is 42.4 Å². The molecule has 2 heterocycles. The van der Waals surface area contributed by atoms with Gasteiger partial charge in [-0.25, -0.2) is 0 Å². The number of hydrogen-bond acceptors (Lipinski definition) is 4. The van der Waals surface area contributed by atoms with E-state index in [1.54, 1.807) is 30.6 Å². The molecule has 84 valence electrons. The zero-order chi connectivity index (χ0) is 11.8. The van der Waals surface area contributed by atoms with Crippen LogP contribution in [-0.2, 0) is 0 Å². The molecule has 0 saturated heterocycles. The number of rotatable bonds is 2. The smallest absolute Gasteiger partial charge is 0.238 e. The summed E-state index contributed by atoms with van der Waals surface area (Å²) in [4.78, 5) is 3.89. The molecule has 4 heteroatoms. The van der Waals surface area contributed by atoms with Gasteiger partial charge in [0, 0.05) is 18.5 Å². The van der Waals surface area contributed by atoms with Gasteiger partial charge in [0.1, 0.15) is 5.75 Å². The summed E-state index contributed by atoms with van der Waals surface area (Å²) in [6.45, 7) is 5.88. The summed E-state index contributed by atoms with van der Waals surface area (Å²) in [6.07, 6.45) is 3.33. The lowest BCUT2D eigenvalue weighted by molar-refractivity contribution is 0.454. The number of ether oxygens (including phenoxy) is 1. The molecule has 2 aromatic rings. The van der Waals surface area contributed by atoms with Gasteiger partial charge in [-0.3, -0.25) is 4.98 Å². The molecule has 0 unspecified atom stereocenters. The topological polar surface area (TPSA) is 47.9 Å². The van der Waals surface area contributed by atoms with Gasteiger partial charge >= 0.3 is 0 Å². The Morgan fingerprint density at radius 2 is 1.62 bits per heavy atom. The van der Waals surface area contributed by atoms with Gasteiger partial charge in [0.25, 0.3) is 0 Å². The molecule has 0 radical (unpaired) electrons. The van der Waals surface area contributed by atoms with E-state index in [0.717, 1.165) is 5.69 Å². The van der Waals surface area contributed by atoms with E-state index in [4.69, 9.17) is 4.74 Å². The summed E-state index contributed by atoms with van der Waals surface area (Å²) < 4.78 is 5.42. The summed E-state index contributed by atoms with van der Waals surface area (Å²) in [5, 5.41) is 7.77. The van der Waals surface area contributed by atoms with Crippen molar-refractivity contribution in [2.75, 3.05) is 0 Å². The average molecular weight is 217 g/mol. The maximum absolute atomic E-state index is 5.42. The van der Waals surface area contributed by atoms with Crippen LogP contribution in [0.2, 0.25) is 0 Å².